The number of aliphatic hydroxyl groups is 2. The summed E-state index contributed by atoms with van der Waals surface area (Å²) in [7, 11) is 0. The van der Waals surface area contributed by atoms with E-state index in [9.17, 15) is 34.5 Å². The topological polar surface area (TPSA) is 175 Å². The summed E-state index contributed by atoms with van der Waals surface area (Å²) < 4.78 is 28.6. The Bertz CT molecular complexity index is 1970. The lowest BCUT2D eigenvalue weighted by Gasteiger charge is -2.40. The smallest absolute Gasteiger partial charge is 0.335 e. The minimum atomic E-state index is -1.93. The van der Waals surface area contributed by atoms with Gasteiger partial charge in [0.1, 0.15) is 18.8 Å². The van der Waals surface area contributed by atoms with Crippen LogP contribution >= 0.6 is 0 Å². The fourth-order valence-electron chi connectivity index (χ4n) is 9.73. The van der Waals surface area contributed by atoms with Gasteiger partial charge in [0.2, 0.25) is 0 Å². The molecule has 1 fully saturated rings. The predicted molar refractivity (Wildman–Crippen MR) is 358 cm³/mol. The van der Waals surface area contributed by atoms with Crippen molar-refractivity contribution in [3.8, 4) is 0 Å². The van der Waals surface area contributed by atoms with Crippen LogP contribution < -0.4 is 0 Å². The molecular weight excluding hydrogens is 1090 g/mol. The first-order valence-corrected chi connectivity index (χ1v) is 34.5. The first-order valence-electron chi connectivity index (χ1n) is 34.5. The van der Waals surface area contributed by atoms with Gasteiger partial charge in [0.25, 0.3) is 0 Å². The zero-order valence-electron chi connectivity index (χ0n) is 54.7. The summed E-state index contributed by atoms with van der Waals surface area (Å²) >= 11 is 0. The van der Waals surface area contributed by atoms with Gasteiger partial charge in [-0.2, -0.15) is 0 Å². The molecule has 0 amide bonds. The number of hydrogen-bond acceptors (Lipinski definition) is 11. The molecular formula is C75H122O12. The maximum absolute atomic E-state index is 13.2. The van der Waals surface area contributed by atoms with Crippen LogP contribution in [-0.4, -0.2) is 89.2 Å². The molecule has 1 aliphatic heterocycles. The SMILES string of the molecule is CC/C=C\C/C=C\C/C=C\C/C=C\C/C=C\CCCCCC(=O)OC1C(OCC(COC(=O)CCCCCCCC/C=C\C/C=C\C/C=C\CCCCC)OC(=O)CCCCCCCCCCC/C=C\C/C=C\CCCCC)OC(C(=O)O)C(O)C1O. The van der Waals surface area contributed by atoms with Crippen molar-refractivity contribution in [2.45, 2.75) is 314 Å². The Labute approximate surface area is 528 Å². The molecule has 12 heteroatoms. The van der Waals surface area contributed by atoms with Crippen LogP contribution in [0, 0.1) is 0 Å². The second-order valence-corrected chi connectivity index (χ2v) is 23.1. The van der Waals surface area contributed by atoms with Crippen molar-refractivity contribution >= 4 is 23.9 Å². The van der Waals surface area contributed by atoms with Gasteiger partial charge in [0.05, 0.1) is 6.61 Å². The van der Waals surface area contributed by atoms with E-state index in [4.69, 9.17) is 23.7 Å². The maximum atomic E-state index is 13.2. The Morgan fingerprint density at radius 1 is 0.391 bits per heavy atom. The molecule has 1 saturated heterocycles. The number of esters is 3. The van der Waals surface area contributed by atoms with Crippen molar-refractivity contribution in [1.82, 2.24) is 0 Å². The van der Waals surface area contributed by atoms with E-state index in [1.54, 1.807) is 0 Å². The van der Waals surface area contributed by atoms with Gasteiger partial charge >= 0.3 is 23.9 Å². The van der Waals surface area contributed by atoms with E-state index in [0.717, 1.165) is 141 Å². The molecule has 0 aromatic heterocycles. The molecule has 87 heavy (non-hydrogen) atoms. The first-order chi connectivity index (χ1) is 42.6. The van der Waals surface area contributed by atoms with Gasteiger partial charge in [-0.1, -0.05) is 245 Å². The highest BCUT2D eigenvalue weighted by Gasteiger charge is 2.50. The molecule has 1 aliphatic rings. The lowest BCUT2D eigenvalue weighted by atomic mass is 9.98. The van der Waals surface area contributed by atoms with Crippen LogP contribution in [-0.2, 0) is 42.9 Å². The van der Waals surface area contributed by atoms with Crippen LogP contribution in [0.15, 0.2) is 122 Å². The fraction of sp³-hybridized carbons (Fsp3) is 0.680. The number of ether oxygens (including phenoxy) is 5. The lowest BCUT2D eigenvalue weighted by Crippen LogP contribution is -2.61. The average Bonchev–Trinajstić information content (AvgIpc) is 2.60. The molecule has 6 atom stereocenters. The van der Waals surface area contributed by atoms with Crippen molar-refractivity contribution in [3.63, 3.8) is 0 Å². The number of carbonyl (C=O) groups excluding carboxylic acids is 3. The summed E-state index contributed by atoms with van der Waals surface area (Å²) in [5, 5.41) is 31.7. The molecule has 494 valence electrons. The number of aliphatic carboxylic acids is 1. The molecule has 0 spiro atoms. The Kier molecular flexibility index (Phi) is 56.5. The molecule has 0 aliphatic carbocycles. The Morgan fingerprint density at radius 2 is 0.724 bits per heavy atom. The Morgan fingerprint density at radius 3 is 1.11 bits per heavy atom. The highest BCUT2D eigenvalue weighted by Crippen LogP contribution is 2.26. The van der Waals surface area contributed by atoms with E-state index >= 15 is 0 Å². The van der Waals surface area contributed by atoms with Crippen LogP contribution in [0.3, 0.4) is 0 Å². The van der Waals surface area contributed by atoms with Crippen LogP contribution in [0.5, 0.6) is 0 Å². The van der Waals surface area contributed by atoms with E-state index in [1.165, 1.54) is 77.0 Å². The van der Waals surface area contributed by atoms with Crippen LogP contribution in [0.1, 0.15) is 278 Å². The molecule has 0 bridgehead atoms. The molecule has 0 aromatic carbocycles. The third kappa shape index (κ3) is 50.7. The maximum Gasteiger partial charge on any atom is 0.335 e. The number of aliphatic hydroxyl groups excluding tert-OH is 2. The highest BCUT2D eigenvalue weighted by atomic mass is 16.7. The zero-order valence-corrected chi connectivity index (χ0v) is 54.7. The highest BCUT2D eigenvalue weighted by molar-refractivity contribution is 5.74. The van der Waals surface area contributed by atoms with E-state index in [0.29, 0.717) is 19.3 Å². The Balaban J connectivity index is 2.69. The monoisotopic (exact) mass is 1210 g/mol. The van der Waals surface area contributed by atoms with E-state index in [-0.39, 0.29) is 25.9 Å². The van der Waals surface area contributed by atoms with Gasteiger partial charge in [-0.3, -0.25) is 14.4 Å². The van der Waals surface area contributed by atoms with E-state index in [1.807, 2.05) is 0 Å². The van der Waals surface area contributed by atoms with Gasteiger partial charge in [-0.25, -0.2) is 4.79 Å². The molecule has 1 heterocycles. The average molecular weight is 1220 g/mol. The number of carboxylic acids is 1. The number of unbranched alkanes of at least 4 members (excludes halogenated alkanes) is 24. The van der Waals surface area contributed by atoms with Crippen molar-refractivity contribution in [1.29, 1.82) is 0 Å². The summed E-state index contributed by atoms with van der Waals surface area (Å²) in [5.74, 6) is -3.19. The predicted octanol–water partition coefficient (Wildman–Crippen LogP) is 19.1. The summed E-state index contributed by atoms with van der Waals surface area (Å²) in [6, 6.07) is 0. The third-order valence-electron chi connectivity index (χ3n) is 15.0. The normalized spacial score (nSPS) is 18.1. The second-order valence-electron chi connectivity index (χ2n) is 23.1. The molecule has 0 radical (unpaired) electrons. The van der Waals surface area contributed by atoms with Gasteiger partial charge in [0, 0.05) is 19.3 Å². The molecule has 6 unspecified atom stereocenters. The molecule has 12 nitrogen and oxygen atoms in total. The van der Waals surface area contributed by atoms with Gasteiger partial charge < -0.3 is 39.0 Å². The summed E-state index contributed by atoms with van der Waals surface area (Å²) in [6.07, 6.45) is 72.8. The van der Waals surface area contributed by atoms with Gasteiger partial charge in [-0.15, -0.1) is 0 Å². The van der Waals surface area contributed by atoms with Crippen molar-refractivity contribution in [2.24, 2.45) is 0 Å². The summed E-state index contributed by atoms with van der Waals surface area (Å²) in [6.45, 7) is 5.83. The number of carboxylic acid groups (broad SMARTS) is 1. The number of allylic oxidation sites excluding steroid dienone is 20. The largest absolute Gasteiger partial charge is 0.479 e. The van der Waals surface area contributed by atoms with E-state index < -0.39 is 67.3 Å². The molecule has 1 rings (SSSR count). The quantitative estimate of drug-likeness (QED) is 0.0228. The summed E-state index contributed by atoms with van der Waals surface area (Å²) in [5.41, 5.74) is 0. The Hall–Kier alpha value is -4.88. The van der Waals surface area contributed by atoms with Crippen LogP contribution in [0.4, 0.5) is 0 Å². The minimum Gasteiger partial charge on any atom is -0.479 e. The van der Waals surface area contributed by atoms with Crippen molar-refractivity contribution < 1.29 is 58.2 Å². The molecule has 0 aromatic rings. The number of carbonyl (C=O) groups is 4. The lowest BCUT2D eigenvalue weighted by molar-refractivity contribution is -0.301. The number of rotatable bonds is 58. The molecule has 0 saturated carbocycles. The van der Waals surface area contributed by atoms with Gasteiger partial charge in [0.15, 0.2) is 24.6 Å². The van der Waals surface area contributed by atoms with E-state index in [2.05, 4.69) is 142 Å². The second kappa shape index (κ2) is 61.4. The van der Waals surface area contributed by atoms with Gasteiger partial charge in [-0.05, 0) is 135 Å². The standard InChI is InChI=1S/C75H122O12/c1-4-7-10-13-16-19-22-25-28-31-34-37-40-43-46-49-52-55-58-61-67(76)83-64-66(85-68(77)62-59-56-53-50-47-44-41-38-35-32-29-26-23-20-17-14-11-8-5-2)65-84-75-73(71(80)70(79)72(87-75)74(81)82)86-69(78)63-60-57-54-51-48-45-42-39-36-33-30-27-24-21-18-15-12-9-6-3/h9,12,16-21,25-30,34,36-37,39,45,48,66,70-73,75,79-80H,4-8,10-11,13-15,22-24,31-33,35,38,40-44,46-47,49-65H2,1-3H3,(H,81,82)/b12-9-,19-16-,20-17-,21-18-,28-25-,29-26-,30-27-,37-34-,39-36-,48-45-. The van der Waals surface area contributed by atoms with Crippen LogP contribution in [0.25, 0.3) is 0 Å². The summed E-state index contributed by atoms with van der Waals surface area (Å²) in [4.78, 5) is 51.5. The third-order valence-corrected chi connectivity index (χ3v) is 15.0. The van der Waals surface area contributed by atoms with Crippen molar-refractivity contribution in [2.75, 3.05) is 13.2 Å². The van der Waals surface area contributed by atoms with Crippen LogP contribution in [0.2, 0.25) is 0 Å². The van der Waals surface area contributed by atoms with Crippen molar-refractivity contribution in [3.05, 3.63) is 122 Å². The zero-order chi connectivity index (χ0) is 63.1. The molecule has 3 N–H and O–H groups in total. The number of hydrogen-bond donors (Lipinski definition) is 3. The minimum absolute atomic E-state index is 0.0139. The fourth-order valence-corrected chi connectivity index (χ4v) is 9.73. The first kappa shape index (κ1) is 80.1.